The molecule has 1 heterocycles. The molecule has 1 aromatic carbocycles. The smallest absolute Gasteiger partial charge is 0.178 e. The Morgan fingerprint density at radius 3 is 2.56 bits per heavy atom. The predicted octanol–water partition coefficient (Wildman–Crippen LogP) is 1.87. The number of fused-ring (bicyclic) bond motifs is 1. The zero-order valence-corrected chi connectivity index (χ0v) is 10.5. The standard InChI is InChI=1S/C12H17NO2S/c1-8-6-10-11(13)4-3-5-16(14,15)12(10)7-9(8)2/h6-7,11H,3-5,13H2,1-2H3. The van der Waals surface area contributed by atoms with Gasteiger partial charge in [0.1, 0.15) is 0 Å². The summed E-state index contributed by atoms with van der Waals surface area (Å²) in [5.41, 5.74) is 8.93. The van der Waals surface area contributed by atoms with Crippen molar-refractivity contribution in [1.82, 2.24) is 0 Å². The fraction of sp³-hybridized carbons (Fsp3) is 0.500. The van der Waals surface area contributed by atoms with Crippen LogP contribution in [0.25, 0.3) is 0 Å². The maximum atomic E-state index is 12.0. The van der Waals surface area contributed by atoms with Gasteiger partial charge in [0.15, 0.2) is 9.84 Å². The highest BCUT2D eigenvalue weighted by Gasteiger charge is 2.26. The molecule has 88 valence electrons. The van der Waals surface area contributed by atoms with Gasteiger partial charge in [-0.1, -0.05) is 6.07 Å². The second-order valence-electron chi connectivity index (χ2n) is 4.54. The van der Waals surface area contributed by atoms with Crippen LogP contribution in [0.1, 0.15) is 35.6 Å². The molecule has 0 aliphatic carbocycles. The quantitative estimate of drug-likeness (QED) is 0.752. The second-order valence-corrected chi connectivity index (χ2v) is 6.62. The molecule has 0 saturated carbocycles. The van der Waals surface area contributed by atoms with Crippen LogP contribution in [0.4, 0.5) is 0 Å². The van der Waals surface area contributed by atoms with E-state index in [1.165, 1.54) is 0 Å². The highest BCUT2D eigenvalue weighted by atomic mass is 32.2. The first-order valence-corrected chi connectivity index (χ1v) is 7.16. The summed E-state index contributed by atoms with van der Waals surface area (Å²) in [4.78, 5) is 0.445. The highest BCUT2D eigenvalue weighted by Crippen LogP contribution is 2.31. The molecule has 3 nitrogen and oxygen atoms in total. The minimum Gasteiger partial charge on any atom is -0.324 e. The summed E-state index contributed by atoms with van der Waals surface area (Å²) in [6, 6.07) is 3.55. The second kappa shape index (κ2) is 3.86. The van der Waals surface area contributed by atoms with Crippen molar-refractivity contribution in [3.63, 3.8) is 0 Å². The van der Waals surface area contributed by atoms with Crippen LogP contribution >= 0.6 is 0 Å². The molecule has 1 atom stereocenters. The van der Waals surface area contributed by atoms with Gasteiger partial charge in [-0.3, -0.25) is 0 Å². The fourth-order valence-electron chi connectivity index (χ4n) is 2.13. The van der Waals surface area contributed by atoms with E-state index >= 15 is 0 Å². The number of sulfone groups is 1. The molecule has 0 fully saturated rings. The molecule has 16 heavy (non-hydrogen) atoms. The molecule has 0 saturated heterocycles. The normalized spacial score (nSPS) is 23.6. The molecule has 2 N–H and O–H groups in total. The summed E-state index contributed by atoms with van der Waals surface area (Å²) in [5, 5.41) is 0. The molecule has 1 unspecified atom stereocenters. The molecule has 0 bridgehead atoms. The summed E-state index contributed by atoms with van der Waals surface area (Å²) in [6.45, 7) is 3.92. The van der Waals surface area contributed by atoms with Crippen LogP contribution in [0, 0.1) is 13.8 Å². The van der Waals surface area contributed by atoms with E-state index in [0.29, 0.717) is 11.3 Å². The first-order chi connectivity index (χ1) is 7.42. The number of hydrogen-bond acceptors (Lipinski definition) is 3. The van der Waals surface area contributed by atoms with Crippen LogP contribution in [-0.2, 0) is 9.84 Å². The van der Waals surface area contributed by atoms with Gasteiger partial charge < -0.3 is 5.73 Å². The summed E-state index contributed by atoms with van der Waals surface area (Å²) in [6.07, 6.45) is 1.39. The van der Waals surface area contributed by atoms with Crippen LogP contribution in [0.5, 0.6) is 0 Å². The van der Waals surface area contributed by atoms with Crippen LogP contribution < -0.4 is 5.73 Å². The average Bonchev–Trinajstić information content (AvgIpc) is 2.29. The van der Waals surface area contributed by atoms with E-state index < -0.39 is 9.84 Å². The Kier molecular flexibility index (Phi) is 2.80. The van der Waals surface area contributed by atoms with Crippen molar-refractivity contribution >= 4 is 9.84 Å². The first-order valence-electron chi connectivity index (χ1n) is 5.51. The number of benzene rings is 1. The highest BCUT2D eigenvalue weighted by molar-refractivity contribution is 7.91. The number of rotatable bonds is 0. The third-order valence-corrected chi connectivity index (χ3v) is 5.14. The molecule has 0 amide bonds. The van der Waals surface area contributed by atoms with Crippen LogP contribution in [-0.4, -0.2) is 14.2 Å². The lowest BCUT2D eigenvalue weighted by atomic mass is 9.99. The minimum absolute atomic E-state index is 0.147. The Morgan fingerprint density at radius 2 is 1.88 bits per heavy atom. The predicted molar refractivity (Wildman–Crippen MR) is 64.1 cm³/mol. The minimum atomic E-state index is -3.13. The zero-order valence-electron chi connectivity index (χ0n) is 9.66. The molecule has 1 aliphatic rings. The Hall–Kier alpha value is -0.870. The number of nitrogens with two attached hydrogens (primary N) is 1. The van der Waals surface area contributed by atoms with E-state index in [-0.39, 0.29) is 11.8 Å². The van der Waals surface area contributed by atoms with Crippen molar-refractivity contribution < 1.29 is 8.42 Å². The van der Waals surface area contributed by atoms with E-state index in [4.69, 9.17) is 5.73 Å². The third kappa shape index (κ3) is 1.87. The largest absolute Gasteiger partial charge is 0.324 e. The van der Waals surface area contributed by atoms with Crippen molar-refractivity contribution in [3.8, 4) is 0 Å². The molecule has 0 spiro atoms. The van der Waals surface area contributed by atoms with Crippen LogP contribution in [0.2, 0.25) is 0 Å². The van der Waals surface area contributed by atoms with E-state index in [9.17, 15) is 8.42 Å². The third-order valence-electron chi connectivity index (χ3n) is 3.29. The zero-order chi connectivity index (χ0) is 11.9. The van der Waals surface area contributed by atoms with Gasteiger partial charge in [0.05, 0.1) is 10.6 Å². The summed E-state index contributed by atoms with van der Waals surface area (Å²) < 4.78 is 24.1. The van der Waals surface area contributed by atoms with Gasteiger partial charge in [-0.2, -0.15) is 0 Å². The molecule has 1 aromatic rings. The number of aryl methyl sites for hydroxylation is 2. The van der Waals surface area contributed by atoms with E-state index in [0.717, 1.165) is 23.1 Å². The Morgan fingerprint density at radius 1 is 1.25 bits per heavy atom. The Labute approximate surface area is 96.6 Å². The molecular weight excluding hydrogens is 222 g/mol. The molecule has 0 radical (unpaired) electrons. The van der Waals surface area contributed by atoms with Gasteiger partial charge in [-0.15, -0.1) is 0 Å². The SMILES string of the molecule is Cc1cc2c(cc1C)S(=O)(=O)CCCC2N. The van der Waals surface area contributed by atoms with Gasteiger partial charge in [-0.25, -0.2) is 8.42 Å². The molecule has 1 aliphatic heterocycles. The summed E-state index contributed by atoms with van der Waals surface area (Å²) in [7, 11) is -3.13. The van der Waals surface area contributed by atoms with Crippen molar-refractivity contribution in [2.45, 2.75) is 37.6 Å². The van der Waals surface area contributed by atoms with Crippen molar-refractivity contribution in [2.75, 3.05) is 5.75 Å². The maximum Gasteiger partial charge on any atom is 0.178 e. The lowest BCUT2D eigenvalue weighted by Gasteiger charge is -2.14. The monoisotopic (exact) mass is 239 g/mol. The van der Waals surface area contributed by atoms with Crippen LogP contribution in [0.15, 0.2) is 17.0 Å². The molecule has 0 aromatic heterocycles. The van der Waals surface area contributed by atoms with Crippen molar-refractivity contribution in [3.05, 3.63) is 28.8 Å². The van der Waals surface area contributed by atoms with Crippen molar-refractivity contribution in [2.24, 2.45) is 5.73 Å². The average molecular weight is 239 g/mol. The van der Waals surface area contributed by atoms with Gasteiger partial charge in [0.25, 0.3) is 0 Å². The lowest BCUT2D eigenvalue weighted by molar-refractivity contribution is 0.594. The van der Waals surface area contributed by atoms with Gasteiger partial charge in [-0.05, 0) is 49.4 Å². The fourth-order valence-corrected chi connectivity index (χ4v) is 3.82. The molecule has 2 rings (SSSR count). The van der Waals surface area contributed by atoms with Crippen molar-refractivity contribution in [1.29, 1.82) is 0 Å². The van der Waals surface area contributed by atoms with Crippen LogP contribution in [0.3, 0.4) is 0 Å². The summed E-state index contributed by atoms with van der Waals surface area (Å²) in [5.74, 6) is 0.218. The molecule has 4 heteroatoms. The van der Waals surface area contributed by atoms with E-state index in [1.807, 2.05) is 19.9 Å². The summed E-state index contributed by atoms with van der Waals surface area (Å²) >= 11 is 0. The van der Waals surface area contributed by atoms with Gasteiger partial charge in [0, 0.05) is 6.04 Å². The Balaban J connectivity index is 2.73. The molecular formula is C12H17NO2S. The first kappa shape index (κ1) is 11.6. The topological polar surface area (TPSA) is 60.2 Å². The van der Waals surface area contributed by atoms with Gasteiger partial charge >= 0.3 is 0 Å². The van der Waals surface area contributed by atoms with E-state index in [1.54, 1.807) is 6.07 Å². The number of hydrogen-bond donors (Lipinski definition) is 1. The maximum absolute atomic E-state index is 12.0. The Bertz CT molecular complexity index is 520. The lowest BCUT2D eigenvalue weighted by Crippen LogP contribution is -2.12. The van der Waals surface area contributed by atoms with Gasteiger partial charge in [0.2, 0.25) is 0 Å². The van der Waals surface area contributed by atoms with E-state index in [2.05, 4.69) is 0 Å².